The lowest BCUT2D eigenvalue weighted by Crippen LogP contribution is -2.36. The summed E-state index contributed by atoms with van der Waals surface area (Å²) in [5, 5.41) is 2.41. The number of hydrogen-bond donors (Lipinski definition) is 2. The third-order valence-electron chi connectivity index (χ3n) is 2.51. The zero-order chi connectivity index (χ0) is 11.4. The van der Waals surface area contributed by atoms with E-state index in [-0.39, 0.29) is 6.04 Å². The van der Waals surface area contributed by atoms with Crippen LogP contribution in [0, 0.1) is 0 Å². The summed E-state index contributed by atoms with van der Waals surface area (Å²) >= 11 is 0. The van der Waals surface area contributed by atoms with E-state index in [2.05, 4.69) is 23.6 Å². The molecule has 3 nitrogen and oxygen atoms in total. The minimum absolute atomic E-state index is 0.145. The van der Waals surface area contributed by atoms with Crippen LogP contribution >= 0.6 is 0 Å². The molecule has 0 radical (unpaired) electrons. The van der Waals surface area contributed by atoms with Gasteiger partial charge in [-0.15, -0.1) is 0 Å². The van der Waals surface area contributed by atoms with Crippen LogP contribution < -0.4 is 16.0 Å². The highest BCUT2D eigenvalue weighted by Crippen LogP contribution is 2.20. The Balaban J connectivity index is 2.13. The first-order chi connectivity index (χ1) is 7.79. The van der Waals surface area contributed by atoms with Crippen LogP contribution in [0.1, 0.15) is 6.92 Å². The number of nitrogens with two attached hydrogens (primary N) is 1. The number of fused-ring (bicyclic) bond motifs is 1. The van der Waals surface area contributed by atoms with Gasteiger partial charge in [-0.3, -0.25) is 11.3 Å². The Bertz CT molecular complexity index is 470. The molecule has 0 saturated carbocycles. The maximum atomic E-state index is 5.62. The molecule has 3 heteroatoms. The van der Waals surface area contributed by atoms with Crippen molar-refractivity contribution in [3.05, 3.63) is 42.5 Å². The topological polar surface area (TPSA) is 47.3 Å². The molecule has 1 unspecified atom stereocenters. The highest BCUT2D eigenvalue weighted by Gasteiger charge is 2.00. The van der Waals surface area contributed by atoms with E-state index < -0.39 is 0 Å². The Hall–Kier alpha value is -1.58. The summed E-state index contributed by atoms with van der Waals surface area (Å²) in [7, 11) is 0. The molecule has 0 amide bonds. The molecule has 0 aliphatic rings. The van der Waals surface area contributed by atoms with Crippen LogP contribution in [-0.4, -0.2) is 12.6 Å². The molecule has 0 saturated heterocycles. The molecular weight excluding hydrogens is 200 g/mol. The predicted octanol–water partition coefficient (Wildman–Crippen LogP) is 2.07. The van der Waals surface area contributed by atoms with Gasteiger partial charge in [-0.1, -0.05) is 30.3 Å². The van der Waals surface area contributed by atoms with E-state index in [0.717, 1.165) is 5.75 Å². The molecule has 1 atom stereocenters. The molecule has 2 aromatic rings. The zero-order valence-electron chi connectivity index (χ0n) is 9.31. The number of ether oxygens (including phenoxy) is 1. The van der Waals surface area contributed by atoms with Gasteiger partial charge in [0.15, 0.2) is 0 Å². The van der Waals surface area contributed by atoms with Crippen molar-refractivity contribution in [3.8, 4) is 5.75 Å². The van der Waals surface area contributed by atoms with E-state index in [9.17, 15) is 0 Å². The van der Waals surface area contributed by atoms with Crippen LogP contribution in [0.3, 0.4) is 0 Å². The summed E-state index contributed by atoms with van der Waals surface area (Å²) in [4.78, 5) is 0. The molecule has 0 fully saturated rings. The summed E-state index contributed by atoms with van der Waals surface area (Å²) in [6, 6.07) is 14.4. The fourth-order valence-corrected chi connectivity index (χ4v) is 1.53. The van der Waals surface area contributed by atoms with Gasteiger partial charge >= 0.3 is 0 Å². The smallest absolute Gasteiger partial charge is 0.120 e. The molecule has 0 aliphatic carbocycles. The maximum Gasteiger partial charge on any atom is 0.120 e. The molecule has 16 heavy (non-hydrogen) atoms. The second kappa shape index (κ2) is 4.96. The maximum absolute atomic E-state index is 5.62. The number of hydrogen-bond acceptors (Lipinski definition) is 3. The highest BCUT2D eigenvalue weighted by atomic mass is 16.5. The van der Waals surface area contributed by atoms with Crippen molar-refractivity contribution in [2.24, 2.45) is 5.84 Å². The average molecular weight is 216 g/mol. The molecule has 2 aromatic carbocycles. The van der Waals surface area contributed by atoms with Gasteiger partial charge in [-0.25, -0.2) is 0 Å². The first-order valence-corrected chi connectivity index (χ1v) is 5.37. The monoisotopic (exact) mass is 216 g/mol. The van der Waals surface area contributed by atoms with E-state index >= 15 is 0 Å². The number of hydrazine groups is 1. The number of nitrogens with one attached hydrogen (secondary N) is 1. The van der Waals surface area contributed by atoms with Crippen molar-refractivity contribution in [3.63, 3.8) is 0 Å². The Morgan fingerprint density at radius 2 is 1.94 bits per heavy atom. The first kappa shape index (κ1) is 10.9. The molecule has 84 valence electrons. The van der Waals surface area contributed by atoms with Crippen molar-refractivity contribution >= 4 is 10.8 Å². The zero-order valence-corrected chi connectivity index (χ0v) is 9.31. The van der Waals surface area contributed by atoms with Gasteiger partial charge in [0.2, 0.25) is 0 Å². The normalized spacial score (nSPS) is 12.6. The summed E-state index contributed by atoms with van der Waals surface area (Å²) in [6.45, 7) is 2.54. The van der Waals surface area contributed by atoms with E-state index in [1.54, 1.807) is 0 Å². The third-order valence-corrected chi connectivity index (χ3v) is 2.51. The van der Waals surface area contributed by atoms with Gasteiger partial charge in [0, 0.05) is 0 Å². The Labute approximate surface area is 95.2 Å². The van der Waals surface area contributed by atoms with Gasteiger partial charge in [-0.05, 0) is 29.8 Å². The van der Waals surface area contributed by atoms with E-state index in [1.807, 2.05) is 31.2 Å². The predicted molar refractivity (Wildman–Crippen MR) is 66.2 cm³/mol. The molecule has 0 heterocycles. The van der Waals surface area contributed by atoms with Gasteiger partial charge in [0.1, 0.15) is 12.4 Å². The van der Waals surface area contributed by atoms with Crippen molar-refractivity contribution in [2.75, 3.05) is 6.61 Å². The first-order valence-electron chi connectivity index (χ1n) is 5.37. The standard InChI is InChI=1S/C13H16N2O/c1-10(15-14)9-16-13-7-6-11-4-2-3-5-12(11)8-13/h2-8,10,15H,9,14H2,1H3. The summed E-state index contributed by atoms with van der Waals surface area (Å²) in [6.07, 6.45) is 0. The van der Waals surface area contributed by atoms with Crippen molar-refractivity contribution in [2.45, 2.75) is 13.0 Å². The molecule has 3 N–H and O–H groups in total. The van der Waals surface area contributed by atoms with Crippen molar-refractivity contribution < 1.29 is 4.74 Å². The van der Waals surface area contributed by atoms with Gasteiger partial charge < -0.3 is 4.74 Å². The number of rotatable bonds is 4. The lowest BCUT2D eigenvalue weighted by atomic mass is 10.1. The Morgan fingerprint density at radius 1 is 1.19 bits per heavy atom. The number of benzene rings is 2. The van der Waals surface area contributed by atoms with E-state index in [1.165, 1.54) is 10.8 Å². The minimum Gasteiger partial charge on any atom is -0.492 e. The van der Waals surface area contributed by atoms with E-state index in [0.29, 0.717) is 6.61 Å². The molecule has 0 aromatic heterocycles. The fraction of sp³-hybridized carbons (Fsp3) is 0.231. The van der Waals surface area contributed by atoms with Crippen molar-refractivity contribution in [1.82, 2.24) is 5.43 Å². The molecule has 0 bridgehead atoms. The Kier molecular flexibility index (Phi) is 3.39. The summed E-state index contributed by atoms with van der Waals surface area (Å²) in [5.74, 6) is 6.17. The van der Waals surface area contributed by atoms with Crippen LogP contribution in [0.4, 0.5) is 0 Å². The second-order valence-electron chi connectivity index (χ2n) is 3.89. The fourth-order valence-electron chi connectivity index (χ4n) is 1.53. The van der Waals surface area contributed by atoms with Crippen LogP contribution in [-0.2, 0) is 0 Å². The average Bonchev–Trinajstić information content (AvgIpc) is 2.35. The molecule has 0 spiro atoms. The van der Waals surface area contributed by atoms with Crippen LogP contribution in [0.5, 0.6) is 5.75 Å². The SMILES string of the molecule is CC(COc1ccc2ccccc2c1)NN. The van der Waals surface area contributed by atoms with Crippen LogP contribution in [0.25, 0.3) is 10.8 Å². The summed E-state index contributed by atoms with van der Waals surface area (Å²) < 4.78 is 5.62. The third kappa shape index (κ3) is 2.51. The van der Waals surface area contributed by atoms with Gasteiger partial charge in [0.05, 0.1) is 6.04 Å². The second-order valence-corrected chi connectivity index (χ2v) is 3.89. The van der Waals surface area contributed by atoms with Gasteiger partial charge in [0.25, 0.3) is 0 Å². The van der Waals surface area contributed by atoms with Gasteiger partial charge in [-0.2, -0.15) is 0 Å². The van der Waals surface area contributed by atoms with Crippen molar-refractivity contribution in [1.29, 1.82) is 0 Å². The quantitative estimate of drug-likeness (QED) is 0.607. The molecule has 2 rings (SSSR count). The molecular formula is C13H16N2O. The van der Waals surface area contributed by atoms with E-state index in [4.69, 9.17) is 10.6 Å². The summed E-state index contributed by atoms with van der Waals surface area (Å²) in [5.41, 5.74) is 2.65. The van der Waals surface area contributed by atoms with Crippen LogP contribution in [0.2, 0.25) is 0 Å². The lowest BCUT2D eigenvalue weighted by molar-refractivity contribution is 0.275. The minimum atomic E-state index is 0.145. The lowest BCUT2D eigenvalue weighted by Gasteiger charge is -2.12. The largest absolute Gasteiger partial charge is 0.492 e. The highest BCUT2D eigenvalue weighted by molar-refractivity contribution is 5.83. The Morgan fingerprint density at radius 3 is 2.69 bits per heavy atom. The molecule has 0 aliphatic heterocycles. The van der Waals surface area contributed by atoms with Crippen LogP contribution in [0.15, 0.2) is 42.5 Å².